The lowest BCUT2D eigenvalue weighted by Gasteiger charge is -2.50. The van der Waals surface area contributed by atoms with E-state index in [1.165, 1.54) is 0 Å². The second-order valence-electron chi connectivity index (χ2n) is 3.63. The first kappa shape index (κ1) is 9.00. The van der Waals surface area contributed by atoms with E-state index in [1.807, 2.05) is 11.9 Å². The molecular formula is C8H11Br2NO. The molecule has 4 atom stereocenters. The van der Waals surface area contributed by atoms with Gasteiger partial charge in [0, 0.05) is 22.7 Å². The molecule has 0 bridgehead atoms. The van der Waals surface area contributed by atoms with Crippen LogP contribution in [0.25, 0.3) is 0 Å². The fraction of sp³-hybridized carbons (Fsp3) is 0.875. The van der Waals surface area contributed by atoms with Crippen LogP contribution in [-0.2, 0) is 4.79 Å². The average Bonchev–Trinajstić information content (AvgIpc) is 2.08. The first-order chi connectivity index (χ1) is 5.61. The molecule has 1 saturated heterocycles. The molecule has 2 aliphatic rings. The molecule has 4 heteroatoms. The predicted molar refractivity (Wildman–Crippen MR) is 54.7 cm³/mol. The van der Waals surface area contributed by atoms with Crippen molar-refractivity contribution < 1.29 is 4.79 Å². The number of likely N-dealkylation sites (tertiary alicyclic amines) is 1. The van der Waals surface area contributed by atoms with Crippen LogP contribution in [0.4, 0.5) is 0 Å². The van der Waals surface area contributed by atoms with Crippen LogP contribution in [0.3, 0.4) is 0 Å². The first-order valence-corrected chi connectivity index (χ1v) is 5.99. The average molecular weight is 297 g/mol. The molecule has 68 valence electrons. The number of halogens is 2. The Balaban J connectivity index is 2.07. The van der Waals surface area contributed by atoms with E-state index in [-0.39, 0.29) is 0 Å². The van der Waals surface area contributed by atoms with Crippen molar-refractivity contribution >= 4 is 37.8 Å². The van der Waals surface area contributed by atoms with Gasteiger partial charge in [0.05, 0.1) is 5.92 Å². The largest absolute Gasteiger partial charge is 0.342 e. The minimum atomic E-state index is 0.299. The van der Waals surface area contributed by atoms with Crippen LogP contribution >= 0.6 is 31.9 Å². The van der Waals surface area contributed by atoms with E-state index in [0.717, 1.165) is 12.8 Å². The summed E-state index contributed by atoms with van der Waals surface area (Å²) in [6.45, 7) is 0. The summed E-state index contributed by atoms with van der Waals surface area (Å²) in [6, 6.07) is 0.496. The summed E-state index contributed by atoms with van der Waals surface area (Å²) in [5, 5.41) is 0. The molecule has 1 heterocycles. The van der Waals surface area contributed by atoms with Crippen LogP contribution in [0.5, 0.6) is 0 Å². The van der Waals surface area contributed by atoms with Crippen LogP contribution in [0.15, 0.2) is 0 Å². The third-order valence-corrected chi connectivity index (χ3v) is 5.70. The van der Waals surface area contributed by atoms with E-state index in [9.17, 15) is 4.79 Å². The Kier molecular flexibility index (Phi) is 2.24. The van der Waals surface area contributed by atoms with Crippen molar-refractivity contribution in [3.8, 4) is 0 Å². The van der Waals surface area contributed by atoms with Crippen molar-refractivity contribution in [3.63, 3.8) is 0 Å². The lowest BCUT2D eigenvalue weighted by molar-refractivity contribution is -0.155. The second kappa shape index (κ2) is 2.98. The maximum Gasteiger partial charge on any atom is 0.227 e. The fourth-order valence-corrected chi connectivity index (χ4v) is 3.34. The van der Waals surface area contributed by atoms with Crippen LogP contribution in [-0.4, -0.2) is 33.6 Å². The molecule has 1 aliphatic heterocycles. The van der Waals surface area contributed by atoms with Gasteiger partial charge in [-0.25, -0.2) is 0 Å². The summed E-state index contributed by atoms with van der Waals surface area (Å²) < 4.78 is 0. The molecule has 0 aromatic heterocycles. The van der Waals surface area contributed by atoms with E-state index in [0.29, 0.717) is 27.5 Å². The molecule has 0 aromatic carbocycles. The number of carbonyl (C=O) groups excluding carboxylic acids is 1. The number of hydrogen-bond acceptors (Lipinski definition) is 1. The molecule has 1 saturated carbocycles. The molecule has 1 aliphatic carbocycles. The first-order valence-electron chi connectivity index (χ1n) is 4.16. The molecule has 12 heavy (non-hydrogen) atoms. The van der Waals surface area contributed by atoms with E-state index in [1.54, 1.807) is 0 Å². The zero-order valence-electron chi connectivity index (χ0n) is 6.84. The van der Waals surface area contributed by atoms with Gasteiger partial charge in [0.2, 0.25) is 5.91 Å². The van der Waals surface area contributed by atoms with Crippen molar-refractivity contribution in [2.45, 2.75) is 28.5 Å². The Bertz CT molecular complexity index is 221. The molecule has 2 rings (SSSR count). The summed E-state index contributed by atoms with van der Waals surface area (Å²) in [5.74, 6) is 0.622. The van der Waals surface area contributed by atoms with E-state index < -0.39 is 0 Å². The third kappa shape index (κ3) is 1.15. The van der Waals surface area contributed by atoms with Gasteiger partial charge in [-0.05, 0) is 12.8 Å². The monoisotopic (exact) mass is 295 g/mol. The number of rotatable bonds is 0. The van der Waals surface area contributed by atoms with Crippen LogP contribution in [0.2, 0.25) is 0 Å². The number of fused-ring (bicyclic) bond motifs is 1. The maximum absolute atomic E-state index is 11.3. The highest BCUT2D eigenvalue weighted by atomic mass is 79.9. The highest BCUT2D eigenvalue weighted by Gasteiger charge is 2.50. The fourth-order valence-electron chi connectivity index (χ4n) is 2.13. The van der Waals surface area contributed by atoms with E-state index in [2.05, 4.69) is 31.9 Å². The van der Waals surface area contributed by atoms with Crippen LogP contribution < -0.4 is 0 Å². The molecule has 0 N–H and O–H groups in total. The van der Waals surface area contributed by atoms with Gasteiger partial charge >= 0.3 is 0 Å². The maximum atomic E-state index is 11.3. The normalized spacial score (nSPS) is 46.9. The Hall–Kier alpha value is 0.430. The van der Waals surface area contributed by atoms with Gasteiger partial charge in [-0.1, -0.05) is 31.9 Å². The second-order valence-corrected chi connectivity index (χ2v) is 5.98. The smallest absolute Gasteiger partial charge is 0.227 e. The highest BCUT2D eigenvalue weighted by Crippen LogP contribution is 2.42. The number of alkyl halides is 2. The minimum Gasteiger partial charge on any atom is -0.342 e. The highest BCUT2D eigenvalue weighted by molar-refractivity contribution is 9.12. The number of hydrogen-bond donors (Lipinski definition) is 0. The number of amides is 1. The van der Waals surface area contributed by atoms with Crippen LogP contribution in [0, 0.1) is 5.92 Å². The Labute approximate surface area is 88.9 Å². The molecule has 0 unspecified atom stereocenters. The van der Waals surface area contributed by atoms with Crippen molar-refractivity contribution in [1.82, 2.24) is 4.90 Å². The molecule has 0 aromatic rings. The molecular weight excluding hydrogens is 286 g/mol. The van der Waals surface area contributed by atoms with Gasteiger partial charge in [-0.3, -0.25) is 4.79 Å². The zero-order chi connectivity index (χ0) is 8.88. The van der Waals surface area contributed by atoms with Gasteiger partial charge in [0.15, 0.2) is 0 Å². The number of nitrogens with zero attached hydrogens (tertiary/aromatic N) is 1. The number of β-lactam (4-membered cyclic amide) rings is 1. The lowest BCUT2D eigenvalue weighted by atomic mass is 9.76. The van der Waals surface area contributed by atoms with E-state index >= 15 is 0 Å². The molecule has 2 fully saturated rings. The standard InChI is InChI=1S/C8H11Br2NO/c1-11-7-3-6(10)5(9)2-4(7)8(11)12/h4-7H,2-3H2,1H3/t4-,5+,6+,7-/m0/s1. The zero-order valence-corrected chi connectivity index (χ0v) is 10.0. The summed E-state index contributed by atoms with van der Waals surface area (Å²) in [6.07, 6.45) is 2.08. The Morgan fingerprint density at radius 1 is 1.33 bits per heavy atom. The predicted octanol–water partition coefficient (Wildman–Crippen LogP) is 1.76. The quantitative estimate of drug-likeness (QED) is 0.493. The van der Waals surface area contributed by atoms with E-state index in [4.69, 9.17) is 0 Å². The van der Waals surface area contributed by atoms with Gasteiger partial charge in [0.1, 0.15) is 0 Å². The summed E-state index contributed by atoms with van der Waals surface area (Å²) in [5.41, 5.74) is 0. The molecule has 2 nitrogen and oxygen atoms in total. The Morgan fingerprint density at radius 3 is 2.58 bits per heavy atom. The minimum absolute atomic E-state index is 0.299. The van der Waals surface area contributed by atoms with Gasteiger partial charge in [-0.2, -0.15) is 0 Å². The van der Waals surface area contributed by atoms with Crippen LogP contribution in [0.1, 0.15) is 12.8 Å². The molecule has 1 amide bonds. The van der Waals surface area contributed by atoms with Crippen molar-refractivity contribution in [2.75, 3.05) is 7.05 Å². The third-order valence-electron chi connectivity index (χ3n) is 2.96. The molecule has 0 radical (unpaired) electrons. The topological polar surface area (TPSA) is 20.3 Å². The molecule has 0 spiro atoms. The number of carbonyl (C=O) groups is 1. The Morgan fingerprint density at radius 2 is 1.92 bits per heavy atom. The van der Waals surface area contributed by atoms with Crippen molar-refractivity contribution in [2.24, 2.45) is 5.92 Å². The van der Waals surface area contributed by atoms with Gasteiger partial charge in [0.25, 0.3) is 0 Å². The SMILES string of the molecule is CN1C(=O)[C@H]2C[C@@H](Br)[C@H](Br)C[C@@H]21. The van der Waals surface area contributed by atoms with Crippen molar-refractivity contribution in [3.05, 3.63) is 0 Å². The lowest BCUT2D eigenvalue weighted by Crippen LogP contribution is -2.62. The summed E-state index contributed by atoms with van der Waals surface area (Å²) in [7, 11) is 1.90. The van der Waals surface area contributed by atoms with Crippen molar-refractivity contribution in [1.29, 1.82) is 0 Å². The van der Waals surface area contributed by atoms with Gasteiger partial charge in [-0.15, -0.1) is 0 Å². The summed E-state index contributed by atoms with van der Waals surface area (Å²) >= 11 is 7.20. The van der Waals surface area contributed by atoms with Gasteiger partial charge < -0.3 is 4.90 Å². The summed E-state index contributed by atoms with van der Waals surface area (Å²) in [4.78, 5) is 14.2.